The Morgan fingerprint density at radius 3 is 2.33 bits per heavy atom. The van der Waals surface area contributed by atoms with Crippen LogP contribution in [0.3, 0.4) is 0 Å². The second kappa shape index (κ2) is 11.3. The minimum absolute atomic E-state index is 0.0516. The van der Waals surface area contributed by atoms with Gasteiger partial charge in [-0.25, -0.2) is 4.39 Å². The van der Waals surface area contributed by atoms with Crippen LogP contribution < -0.4 is 0 Å². The highest BCUT2D eigenvalue weighted by Gasteiger charge is 2.24. The third-order valence-corrected chi connectivity index (χ3v) is 4.41. The molecule has 0 bridgehead atoms. The maximum atomic E-state index is 12.7. The van der Waals surface area contributed by atoms with E-state index in [0.717, 1.165) is 44.3 Å². The van der Waals surface area contributed by atoms with Gasteiger partial charge in [-0.3, -0.25) is 4.79 Å². The van der Waals surface area contributed by atoms with Gasteiger partial charge in [-0.05, 0) is 52.7 Å². The summed E-state index contributed by atoms with van der Waals surface area (Å²) in [6.07, 6.45) is 6.00. The second-order valence-electron chi connectivity index (χ2n) is 6.67. The lowest BCUT2D eigenvalue weighted by Crippen LogP contribution is -2.30. The number of hydrogen-bond donors (Lipinski definition) is 0. The molecule has 2 unspecified atom stereocenters. The zero-order chi connectivity index (χ0) is 16.3. The molecule has 0 aliphatic heterocycles. The van der Waals surface area contributed by atoms with E-state index in [1.165, 1.54) is 0 Å². The molecule has 0 amide bonds. The highest BCUT2D eigenvalue weighted by Crippen LogP contribution is 2.23. The molecule has 0 saturated carbocycles. The third-order valence-electron chi connectivity index (χ3n) is 3.05. The van der Waals surface area contributed by atoms with Gasteiger partial charge in [-0.1, -0.05) is 32.6 Å². The minimum atomic E-state index is -0.697. The Balaban J connectivity index is 4.03. The van der Waals surface area contributed by atoms with E-state index in [9.17, 15) is 9.18 Å². The molecule has 4 heteroatoms. The highest BCUT2D eigenvalue weighted by atomic mass is 32.2. The molecule has 0 aromatic rings. The Morgan fingerprint density at radius 1 is 1.14 bits per heavy atom. The summed E-state index contributed by atoms with van der Waals surface area (Å²) in [5.41, 5.74) is -0.417. The van der Waals surface area contributed by atoms with Crippen LogP contribution in [0.1, 0.15) is 79.6 Å². The van der Waals surface area contributed by atoms with Crippen LogP contribution in [0, 0.1) is 0 Å². The molecule has 2 nitrogen and oxygen atoms in total. The number of alkyl halides is 1. The maximum absolute atomic E-state index is 12.7. The number of esters is 1. The van der Waals surface area contributed by atoms with Crippen molar-refractivity contribution in [2.75, 3.05) is 5.75 Å². The van der Waals surface area contributed by atoms with Crippen LogP contribution in [0.25, 0.3) is 0 Å². The lowest BCUT2D eigenvalue weighted by molar-refractivity contribution is -0.154. The van der Waals surface area contributed by atoms with E-state index in [1.54, 1.807) is 18.7 Å². The van der Waals surface area contributed by atoms with Gasteiger partial charge in [-0.2, -0.15) is 0 Å². The van der Waals surface area contributed by atoms with Crippen molar-refractivity contribution in [2.45, 2.75) is 96.6 Å². The Bertz CT molecular complexity index is 274. The fourth-order valence-electron chi connectivity index (χ4n) is 1.96. The summed E-state index contributed by atoms with van der Waals surface area (Å²) < 4.78 is 18.2. The van der Waals surface area contributed by atoms with E-state index >= 15 is 0 Å². The molecule has 0 aliphatic carbocycles. The first-order chi connectivity index (χ1) is 9.76. The SMILES string of the molecule is CCCCC(SCCCCCC(C)F)C(=O)OC(C)(C)C. The number of thioether (sulfide) groups is 1. The largest absolute Gasteiger partial charge is 0.459 e. The van der Waals surface area contributed by atoms with Gasteiger partial charge in [0.05, 0.1) is 6.17 Å². The lowest BCUT2D eigenvalue weighted by atomic mass is 10.1. The van der Waals surface area contributed by atoms with Gasteiger partial charge in [0.15, 0.2) is 0 Å². The van der Waals surface area contributed by atoms with Crippen molar-refractivity contribution in [1.82, 2.24) is 0 Å². The molecular formula is C17H33FO2S. The standard InChI is InChI=1S/C17H33FO2S/c1-6-7-12-15(16(19)20-17(3,4)5)21-13-10-8-9-11-14(2)18/h14-15H,6-13H2,1-5H3. The van der Waals surface area contributed by atoms with E-state index in [0.29, 0.717) is 6.42 Å². The Hall–Kier alpha value is -0.250. The summed E-state index contributed by atoms with van der Waals surface area (Å²) >= 11 is 1.70. The van der Waals surface area contributed by atoms with Crippen molar-refractivity contribution in [3.05, 3.63) is 0 Å². The highest BCUT2D eigenvalue weighted by molar-refractivity contribution is 8.00. The molecule has 126 valence electrons. The average molecular weight is 321 g/mol. The van der Waals surface area contributed by atoms with E-state index in [1.807, 2.05) is 20.8 Å². The molecule has 0 aromatic heterocycles. The van der Waals surface area contributed by atoms with Crippen LogP contribution >= 0.6 is 11.8 Å². The second-order valence-corrected chi connectivity index (χ2v) is 7.98. The van der Waals surface area contributed by atoms with Gasteiger partial charge in [0.2, 0.25) is 0 Å². The van der Waals surface area contributed by atoms with Gasteiger partial charge in [0, 0.05) is 0 Å². The number of rotatable bonds is 11. The predicted octanol–water partition coefficient (Wildman–Crippen LogP) is 5.54. The Labute approximate surface area is 134 Å². The topological polar surface area (TPSA) is 26.3 Å². The van der Waals surface area contributed by atoms with Crippen molar-refractivity contribution in [3.8, 4) is 0 Å². The van der Waals surface area contributed by atoms with Crippen LogP contribution in [-0.2, 0) is 9.53 Å². The number of hydrogen-bond acceptors (Lipinski definition) is 3. The summed E-state index contributed by atoms with van der Waals surface area (Å²) in [6.45, 7) is 9.46. The molecule has 0 fully saturated rings. The summed E-state index contributed by atoms with van der Waals surface area (Å²) in [6, 6.07) is 0. The summed E-state index contributed by atoms with van der Waals surface area (Å²) in [5.74, 6) is 0.868. The Morgan fingerprint density at radius 2 is 1.81 bits per heavy atom. The molecule has 21 heavy (non-hydrogen) atoms. The van der Waals surface area contributed by atoms with Crippen molar-refractivity contribution in [1.29, 1.82) is 0 Å². The fraction of sp³-hybridized carbons (Fsp3) is 0.941. The van der Waals surface area contributed by atoms with Crippen LogP contribution in [0.15, 0.2) is 0 Å². The monoisotopic (exact) mass is 320 g/mol. The number of carbonyl (C=O) groups excluding carboxylic acids is 1. The van der Waals surface area contributed by atoms with Crippen molar-refractivity contribution in [3.63, 3.8) is 0 Å². The van der Waals surface area contributed by atoms with E-state index in [4.69, 9.17) is 4.74 Å². The quantitative estimate of drug-likeness (QED) is 0.369. The summed E-state index contributed by atoms with van der Waals surface area (Å²) in [7, 11) is 0. The van der Waals surface area contributed by atoms with Crippen LogP contribution in [0.5, 0.6) is 0 Å². The zero-order valence-corrected chi connectivity index (χ0v) is 15.2. The smallest absolute Gasteiger partial charge is 0.319 e. The lowest BCUT2D eigenvalue weighted by Gasteiger charge is -2.23. The average Bonchev–Trinajstić information content (AvgIpc) is 2.34. The van der Waals surface area contributed by atoms with Gasteiger partial charge in [0.1, 0.15) is 10.9 Å². The predicted molar refractivity (Wildman–Crippen MR) is 90.7 cm³/mol. The first-order valence-electron chi connectivity index (χ1n) is 8.24. The van der Waals surface area contributed by atoms with Crippen LogP contribution in [-0.4, -0.2) is 28.7 Å². The minimum Gasteiger partial charge on any atom is -0.459 e. The maximum Gasteiger partial charge on any atom is 0.319 e. The van der Waals surface area contributed by atoms with Gasteiger partial charge >= 0.3 is 5.97 Å². The van der Waals surface area contributed by atoms with Crippen molar-refractivity contribution in [2.24, 2.45) is 0 Å². The molecule has 0 aromatic carbocycles. The number of unbranched alkanes of at least 4 members (excludes halogenated alkanes) is 3. The van der Waals surface area contributed by atoms with E-state index in [2.05, 4.69) is 6.92 Å². The van der Waals surface area contributed by atoms with Crippen molar-refractivity contribution < 1.29 is 13.9 Å². The summed E-state index contributed by atoms with van der Waals surface area (Å²) in [5, 5.41) is -0.0516. The molecule has 0 saturated heterocycles. The van der Waals surface area contributed by atoms with Gasteiger partial charge in [0.25, 0.3) is 0 Å². The zero-order valence-electron chi connectivity index (χ0n) is 14.4. The van der Waals surface area contributed by atoms with E-state index < -0.39 is 11.8 Å². The van der Waals surface area contributed by atoms with Gasteiger partial charge in [-0.15, -0.1) is 11.8 Å². The molecule has 0 rings (SSSR count). The first kappa shape index (κ1) is 20.8. The third kappa shape index (κ3) is 13.2. The number of carbonyl (C=O) groups is 1. The van der Waals surface area contributed by atoms with Gasteiger partial charge < -0.3 is 4.74 Å². The van der Waals surface area contributed by atoms with Crippen LogP contribution in [0.4, 0.5) is 4.39 Å². The molecular weight excluding hydrogens is 287 g/mol. The molecule has 0 N–H and O–H groups in total. The number of ether oxygens (including phenoxy) is 1. The van der Waals surface area contributed by atoms with Crippen LogP contribution in [0.2, 0.25) is 0 Å². The van der Waals surface area contributed by atoms with E-state index in [-0.39, 0.29) is 11.2 Å². The molecule has 0 heterocycles. The first-order valence-corrected chi connectivity index (χ1v) is 9.29. The molecule has 0 aliphatic rings. The summed E-state index contributed by atoms with van der Waals surface area (Å²) in [4.78, 5) is 12.2. The normalized spacial score (nSPS) is 14.8. The molecule has 0 radical (unpaired) electrons. The Kier molecular flexibility index (Phi) is 11.2. The fourth-order valence-corrected chi connectivity index (χ4v) is 3.13. The number of halogens is 1. The van der Waals surface area contributed by atoms with Crippen molar-refractivity contribution >= 4 is 17.7 Å². The molecule has 0 spiro atoms. The molecule has 2 atom stereocenters.